The van der Waals surface area contributed by atoms with Crippen LogP contribution in [0.4, 0.5) is 30.6 Å². The van der Waals surface area contributed by atoms with Crippen molar-refractivity contribution in [3.8, 4) is 0 Å². The predicted octanol–water partition coefficient (Wildman–Crippen LogP) is 4.30. The van der Waals surface area contributed by atoms with Crippen molar-refractivity contribution in [1.82, 2.24) is 14.9 Å². The van der Waals surface area contributed by atoms with Gasteiger partial charge in [0.15, 0.2) is 0 Å². The second-order valence-corrected chi connectivity index (χ2v) is 6.79. The average molecular weight is 406 g/mol. The Morgan fingerprint density at radius 3 is 2.38 bits per heavy atom. The van der Waals surface area contributed by atoms with E-state index in [2.05, 4.69) is 20.2 Å². The fraction of sp³-hybridized carbons (Fsp3) is 0.375. The maximum absolute atomic E-state index is 13.4. The van der Waals surface area contributed by atoms with Gasteiger partial charge in [0, 0.05) is 38.1 Å². The molecule has 0 atom stereocenters. The number of rotatable bonds is 3. The molecule has 0 unspecified atom stereocenters. The monoisotopic (exact) mass is 405 g/mol. The van der Waals surface area contributed by atoms with Gasteiger partial charge >= 0.3 is 6.18 Å². The lowest BCUT2D eigenvalue weighted by molar-refractivity contribution is -0.137. The number of anilines is 3. The number of nitrogens with one attached hydrogen (secondary N) is 1. The van der Waals surface area contributed by atoms with Crippen LogP contribution < -0.4 is 10.2 Å². The van der Waals surface area contributed by atoms with Crippen LogP contribution in [0.5, 0.6) is 0 Å². The second-order valence-electron chi connectivity index (χ2n) is 5.97. The van der Waals surface area contributed by atoms with Crippen LogP contribution in [0.25, 0.3) is 0 Å². The van der Waals surface area contributed by atoms with Crippen molar-refractivity contribution in [3.05, 3.63) is 40.0 Å². The third kappa shape index (κ3) is 4.31. The van der Waals surface area contributed by atoms with Crippen molar-refractivity contribution in [2.75, 3.05) is 43.4 Å². The van der Waals surface area contributed by atoms with E-state index in [1.807, 2.05) is 7.05 Å². The molecule has 1 aliphatic rings. The van der Waals surface area contributed by atoms with Crippen LogP contribution in [0.3, 0.4) is 0 Å². The smallest absolute Gasteiger partial charge is 0.353 e. The number of nitrogens with zero attached hydrogens (tertiary/aromatic N) is 4. The van der Waals surface area contributed by atoms with Gasteiger partial charge < -0.3 is 15.1 Å². The summed E-state index contributed by atoms with van der Waals surface area (Å²) in [6.45, 7) is 2.25. The molecule has 1 N–H and O–H groups in total. The Labute approximate surface area is 158 Å². The molecule has 2 heterocycles. The van der Waals surface area contributed by atoms with E-state index < -0.39 is 11.7 Å². The Kier molecular flexibility index (Phi) is 5.45. The minimum absolute atomic E-state index is 0.0605. The SMILES string of the molecule is CN1CCN(c2nc(Nc3ccc(Cl)c(Cl)c3)ncc2C(F)(F)F)CC1. The van der Waals surface area contributed by atoms with E-state index in [0.717, 1.165) is 6.20 Å². The molecule has 1 aliphatic heterocycles. The zero-order valence-corrected chi connectivity index (χ0v) is 15.3. The Balaban J connectivity index is 1.92. The Bertz CT molecular complexity index is 792. The van der Waals surface area contributed by atoms with E-state index >= 15 is 0 Å². The summed E-state index contributed by atoms with van der Waals surface area (Å²) in [6.07, 6.45) is -3.72. The molecule has 5 nitrogen and oxygen atoms in total. The van der Waals surface area contributed by atoms with Gasteiger partial charge in [-0.1, -0.05) is 23.2 Å². The largest absolute Gasteiger partial charge is 0.421 e. The van der Waals surface area contributed by atoms with Crippen molar-refractivity contribution in [2.45, 2.75) is 6.18 Å². The standard InChI is InChI=1S/C16H16Cl2F3N5/c1-25-4-6-26(7-5-25)14-11(16(19,20)21)9-22-15(24-14)23-10-2-3-12(17)13(18)8-10/h2-3,8-9H,4-7H2,1H3,(H,22,23,24). The first-order valence-electron chi connectivity index (χ1n) is 7.84. The summed E-state index contributed by atoms with van der Waals surface area (Å²) in [5.74, 6) is -0.0616. The lowest BCUT2D eigenvalue weighted by atomic mass is 10.2. The number of aromatic nitrogens is 2. The molecule has 0 amide bonds. The molecule has 0 bridgehead atoms. The summed E-state index contributed by atoms with van der Waals surface area (Å²) in [6, 6.07) is 4.78. The highest BCUT2D eigenvalue weighted by atomic mass is 35.5. The highest BCUT2D eigenvalue weighted by Gasteiger charge is 2.37. The molecule has 0 saturated carbocycles. The number of alkyl halides is 3. The molecule has 0 aliphatic carbocycles. The maximum Gasteiger partial charge on any atom is 0.421 e. The first kappa shape index (κ1) is 19.0. The molecule has 0 radical (unpaired) electrons. The van der Waals surface area contributed by atoms with Gasteiger partial charge in [0.2, 0.25) is 5.95 Å². The van der Waals surface area contributed by atoms with Gasteiger partial charge in [0.25, 0.3) is 0 Å². The fourth-order valence-electron chi connectivity index (χ4n) is 2.60. The zero-order valence-electron chi connectivity index (χ0n) is 13.8. The van der Waals surface area contributed by atoms with Crippen molar-refractivity contribution >= 4 is 40.7 Å². The maximum atomic E-state index is 13.4. The Hall–Kier alpha value is -1.77. The van der Waals surface area contributed by atoms with Crippen LogP contribution in [0, 0.1) is 0 Å². The molecule has 2 aromatic rings. The van der Waals surface area contributed by atoms with Gasteiger partial charge in [-0.25, -0.2) is 4.98 Å². The summed E-state index contributed by atoms with van der Waals surface area (Å²) >= 11 is 11.8. The number of piperazine rings is 1. The fourth-order valence-corrected chi connectivity index (χ4v) is 2.89. The van der Waals surface area contributed by atoms with Gasteiger partial charge in [-0.2, -0.15) is 18.2 Å². The molecule has 1 aromatic carbocycles. The quantitative estimate of drug-likeness (QED) is 0.824. The van der Waals surface area contributed by atoms with Gasteiger partial charge in [-0.05, 0) is 25.2 Å². The van der Waals surface area contributed by atoms with Crippen LogP contribution >= 0.6 is 23.2 Å². The van der Waals surface area contributed by atoms with Crippen molar-refractivity contribution < 1.29 is 13.2 Å². The Morgan fingerprint density at radius 2 is 1.77 bits per heavy atom. The molecule has 3 rings (SSSR count). The molecule has 1 saturated heterocycles. The lowest BCUT2D eigenvalue weighted by Crippen LogP contribution is -2.45. The average Bonchev–Trinajstić information content (AvgIpc) is 2.58. The van der Waals surface area contributed by atoms with E-state index in [-0.39, 0.29) is 11.8 Å². The first-order valence-corrected chi connectivity index (χ1v) is 8.59. The van der Waals surface area contributed by atoms with Gasteiger partial charge in [-0.15, -0.1) is 0 Å². The molecular formula is C16H16Cl2F3N5. The van der Waals surface area contributed by atoms with Crippen LogP contribution in [0.15, 0.2) is 24.4 Å². The van der Waals surface area contributed by atoms with Crippen LogP contribution in [-0.4, -0.2) is 48.1 Å². The lowest BCUT2D eigenvalue weighted by Gasteiger charge is -2.34. The van der Waals surface area contributed by atoms with Crippen LogP contribution in [-0.2, 0) is 6.18 Å². The van der Waals surface area contributed by atoms with Crippen LogP contribution in [0.2, 0.25) is 10.0 Å². The van der Waals surface area contributed by atoms with E-state index in [4.69, 9.17) is 23.2 Å². The summed E-state index contributed by atoms with van der Waals surface area (Å²) in [4.78, 5) is 11.6. The van der Waals surface area contributed by atoms with Crippen molar-refractivity contribution in [1.29, 1.82) is 0 Å². The van der Waals surface area contributed by atoms with Crippen LogP contribution in [0.1, 0.15) is 5.56 Å². The molecule has 26 heavy (non-hydrogen) atoms. The van der Waals surface area contributed by atoms with Gasteiger partial charge in [0.1, 0.15) is 11.4 Å². The summed E-state index contributed by atoms with van der Waals surface area (Å²) < 4.78 is 40.1. The Morgan fingerprint density at radius 1 is 1.08 bits per heavy atom. The minimum atomic E-state index is -4.53. The normalized spacial score (nSPS) is 16.0. The minimum Gasteiger partial charge on any atom is -0.353 e. The third-order valence-electron chi connectivity index (χ3n) is 4.05. The highest BCUT2D eigenvalue weighted by molar-refractivity contribution is 6.42. The molecular weight excluding hydrogens is 390 g/mol. The molecule has 140 valence electrons. The van der Waals surface area contributed by atoms with Crippen molar-refractivity contribution in [2.24, 2.45) is 0 Å². The summed E-state index contributed by atoms with van der Waals surface area (Å²) in [7, 11) is 1.93. The van der Waals surface area contributed by atoms with E-state index in [9.17, 15) is 13.2 Å². The third-order valence-corrected chi connectivity index (χ3v) is 4.79. The number of hydrogen-bond donors (Lipinski definition) is 1. The number of halogens is 5. The van der Waals surface area contributed by atoms with E-state index in [0.29, 0.717) is 41.9 Å². The molecule has 0 spiro atoms. The summed E-state index contributed by atoms with van der Waals surface area (Å²) in [5.41, 5.74) is -0.315. The topological polar surface area (TPSA) is 44.3 Å². The number of likely N-dealkylation sites (N-methyl/N-ethyl adjacent to an activating group) is 1. The van der Waals surface area contributed by atoms with Gasteiger partial charge in [-0.3, -0.25) is 0 Å². The molecule has 1 aromatic heterocycles. The van der Waals surface area contributed by atoms with Crippen molar-refractivity contribution in [3.63, 3.8) is 0 Å². The number of benzene rings is 1. The second kappa shape index (κ2) is 7.46. The summed E-state index contributed by atoms with van der Waals surface area (Å²) in [5, 5.41) is 3.57. The zero-order chi connectivity index (χ0) is 18.9. The molecule has 10 heteroatoms. The first-order chi connectivity index (χ1) is 12.2. The van der Waals surface area contributed by atoms with E-state index in [1.165, 1.54) is 0 Å². The van der Waals surface area contributed by atoms with Gasteiger partial charge in [0.05, 0.1) is 10.0 Å². The molecule has 1 fully saturated rings. The predicted molar refractivity (Wildman–Crippen MR) is 96.5 cm³/mol. The van der Waals surface area contributed by atoms with E-state index in [1.54, 1.807) is 23.1 Å². The number of hydrogen-bond acceptors (Lipinski definition) is 5. The highest BCUT2D eigenvalue weighted by Crippen LogP contribution is 2.36.